The molecule has 0 saturated carbocycles. The summed E-state index contributed by atoms with van der Waals surface area (Å²) >= 11 is 3.86. The number of aryl methyl sites for hydroxylation is 1. The van der Waals surface area contributed by atoms with Gasteiger partial charge in [0.25, 0.3) is 11.1 Å². The summed E-state index contributed by atoms with van der Waals surface area (Å²) in [5.74, 6) is -0.110. The minimum absolute atomic E-state index is 0.0532. The van der Waals surface area contributed by atoms with Crippen LogP contribution < -0.4 is 14.8 Å². The van der Waals surface area contributed by atoms with Crippen LogP contribution in [0.1, 0.15) is 28.8 Å². The summed E-state index contributed by atoms with van der Waals surface area (Å²) in [5, 5.41) is 2.64. The van der Waals surface area contributed by atoms with Gasteiger partial charge >= 0.3 is 6.36 Å². The lowest BCUT2D eigenvalue weighted by atomic mass is 9.94. The Labute approximate surface area is 217 Å². The Bertz CT molecular complexity index is 1270. The molecule has 37 heavy (non-hydrogen) atoms. The first-order chi connectivity index (χ1) is 17.6. The van der Waals surface area contributed by atoms with Gasteiger partial charge in [0.05, 0.1) is 0 Å². The van der Waals surface area contributed by atoms with Gasteiger partial charge in [-0.25, -0.2) is 0 Å². The Morgan fingerprint density at radius 1 is 0.973 bits per heavy atom. The molecule has 10 heteroatoms. The van der Waals surface area contributed by atoms with E-state index in [-0.39, 0.29) is 23.0 Å². The van der Waals surface area contributed by atoms with Crippen LogP contribution in [0.25, 0.3) is 11.1 Å². The van der Waals surface area contributed by atoms with Crippen molar-refractivity contribution in [3.05, 3.63) is 77.9 Å². The Hall–Kier alpha value is -3.66. The van der Waals surface area contributed by atoms with E-state index in [1.54, 1.807) is 41.3 Å². The van der Waals surface area contributed by atoms with E-state index >= 15 is 0 Å². The summed E-state index contributed by atoms with van der Waals surface area (Å²) in [5.41, 5.74) is 2.89. The zero-order chi connectivity index (χ0) is 26.6. The number of thiol groups is 1. The van der Waals surface area contributed by atoms with Crippen molar-refractivity contribution in [1.82, 2.24) is 4.90 Å². The van der Waals surface area contributed by atoms with E-state index in [9.17, 15) is 22.8 Å². The van der Waals surface area contributed by atoms with Crippen molar-refractivity contribution >= 4 is 29.5 Å². The smallest absolute Gasteiger partial charge is 0.490 e. The molecule has 1 fully saturated rings. The second-order valence-corrected chi connectivity index (χ2v) is 9.02. The first-order valence-corrected chi connectivity index (χ1v) is 12.1. The van der Waals surface area contributed by atoms with Crippen LogP contribution in [0.2, 0.25) is 0 Å². The van der Waals surface area contributed by atoms with Gasteiger partial charge in [-0.15, -0.1) is 13.2 Å². The molecular formula is C27H25F3N2O4S. The van der Waals surface area contributed by atoms with Gasteiger partial charge in [0.15, 0.2) is 0 Å². The van der Waals surface area contributed by atoms with Crippen molar-refractivity contribution in [3.63, 3.8) is 0 Å². The summed E-state index contributed by atoms with van der Waals surface area (Å²) in [7, 11) is 0. The van der Waals surface area contributed by atoms with Crippen LogP contribution in [0.4, 0.5) is 23.7 Å². The van der Waals surface area contributed by atoms with E-state index in [0.29, 0.717) is 54.1 Å². The number of anilines is 1. The Morgan fingerprint density at radius 2 is 1.65 bits per heavy atom. The number of piperidine rings is 1. The highest BCUT2D eigenvalue weighted by Crippen LogP contribution is 2.32. The number of likely N-dealkylation sites (tertiary alicyclic amines) is 1. The summed E-state index contributed by atoms with van der Waals surface area (Å²) in [6, 6.07) is 17.7. The van der Waals surface area contributed by atoms with E-state index in [2.05, 4.69) is 22.7 Å². The molecule has 1 N–H and O–H groups in total. The number of halogens is 3. The normalized spacial score (nSPS) is 14.2. The minimum atomic E-state index is -4.78. The lowest BCUT2D eigenvalue weighted by Gasteiger charge is -2.31. The van der Waals surface area contributed by atoms with Crippen LogP contribution in [-0.2, 0) is 0 Å². The van der Waals surface area contributed by atoms with Crippen LogP contribution in [0.3, 0.4) is 0 Å². The monoisotopic (exact) mass is 530 g/mol. The number of rotatable bonds is 6. The molecule has 3 aromatic carbocycles. The summed E-state index contributed by atoms with van der Waals surface area (Å²) < 4.78 is 47.5. The van der Waals surface area contributed by atoms with Crippen molar-refractivity contribution in [2.45, 2.75) is 32.2 Å². The highest BCUT2D eigenvalue weighted by Gasteiger charge is 2.31. The second-order valence-electron chi connectivity index (χ2n) is 8.64. The van der Waals surface area contributed by atoms with Gasteiger partial charge in [0.1, 0.15) is 17.6 Å². The predicted octanol–water partition coefficient (Wildman–Crippen LogP) is 6.71. The molecule has 0 aromatic heterocycles. The SMILES string of the molecule is Cc1cccc(C(=O)Nc2cccc(OC3CCN(C(=O)S)CC3)c2)c1-c1ccc(OC(F)(F)F)cc1. The highest BCUT2D eigenvalue weighted by atomic mass is 32.1. The third-order valence-electron chi connectivity index (χ3n) is 6.00. The van der Waals surface area contributed by atoms with Gasteiger partial charge in [0, 0.05) is 43.2 Å². The second kappa shape index (κ2) is 11.2. The molecular weight excluding hydrogens is 505 g/mol. The molecule has 0 bridgehead atoms. The van der Waals surface area contributed by atoms with E-state index < -0.39 is 6.36 Å². The molecule has 1 aliphatic rings. The fourth-order valence-electron chi connectivity index (χ4n) is 4.27. The number of nitrogens with one attached hydrogen (secondary N) is 1. The first kappa shape index (κ1) is 26.4. The maximum Gasteiger partial charge on any atom is 0.573 e. The van der Waals surface area contributed by atoms with Gasteiger partial charge in [0.2, 0.25) is 0 Å². The van der Waals surface area contributed by atoms with Crippen molar-refractivity contribution in [1.29, 1.82) is 0 Å². The lowest BCUT2D eigenvalue weighted by molar-refractivity contribution is -0.274. The maximum atomic E-state index is 13.2. The Balaban J connectivity index is 1.48. The third kappa shape index (κ3) is 6.97. The molecule has 0 unspecified atom stereocenters. The number of carbonyl (C=O) groups excluding carboxylic acids is 2. The molecule has 0 aliphatic carbocycles. The molecule has 194 valence electrons. The number of nitrogens with zero attached hydrogens (tertiary/aromatic N) is 1. The number of amides is 2. The Kier molecular flexibility index (Phi) is 7.97. The molecule has 6 nitrogen and oxygen atoms in total. The number of carbonyl (C=O) groups is 2. The van der Waals surface area contributed by atoms with Gasteiger partial charge in [-0.1, -0.05) is 43.0 Å². The summed E-state index contributed by atoms with van der Waals surface area (Å²) in [4.78, 5) is 26.3. The van der Waals surface area contributed by atoms with Crippen molar-refractivity contribution < 1.29 is 32.2 Å². The largest absolute Gasteiger partial charge is 0.573 e. The van der Waals surface area contributed by atoms with E-state index in [1.807, 2.05) is 13.0 Å². The van der Waals surface area contributed by atoms with E-state index in [1.165, 1.54) is 24.3 Å². The molecule has 1 aliphatic heterocycles. The number of alkyl halides is 3. The number of hydrogen-bond donors (Lipinski definition) is 2. The molecule has 0 atom stereocenters. The molecule has 1 saturated heterocycles. The molecule has 2 amide bonds. The van der Waals surface area contributed by atoms with Crippen molar-refractivity contribution in [2.24, 2.45) is 0 Å². The van der Waals surface area contributed by atoms with Crippen molar-refractivity contribution in [3.8, 4) is 22.6 Å². The summed E-state index contributed by atoms with van der Waals surface area (Å²) in [6.07, 6.45) is -3.47. The third-order valence-corrected chi connectivity index (χ3v) is 6.28. The fourth-order valence-corrected chi connectivity index (χ4v) is 4.47. The van der Waals surface area contributed by atoms with Gasteiger partial charge in [-0.2, -0.15) is 0 Å². The van der Waals surface area contributed by atoms with Crippen LogP contribution in [0.15, 0.2) is 66.7 Å². The zero-order valence-corrected chi connectivity index (χ0v) is 20.8. The van der Waals surface area contributed by atoms with Crippen LogP contribution in [0.5, 0.6) is 11.5 Å². The highest BCUT2D eigenvalue weighted by molar-refractivity contribution is 7.96. The zero-order valence-electron chi connectivity index (χ0n) is 19.9. The van der Waals surface area contributed by atoms with Gasteiger partial charge < -0.3 is 19.7 Å². The number of hydrogen-bond acceptors (Lipinski definition) is 4. The first-order valence-electron chi connectivity index (χ1n) is 11.6. The quantitative estimate of drug-likeness (QED) is 0.348. The number of ether oxygens (including phenoxy) is 2. The van der Waals surface area contributed by atoms with Gasteiger partial charge in [-0.3, -0.25) is 9.59 Å². The molecule has 3 aromatic rings. The lowest BCUT2D eigenvalue weighted by Crippen LogP contribution is -2.39. The van der Waals surface area contributed by atoms with E-state index in [4.69, 9.17) is 4.74 Å². The molecule has 1 heterocycles. The van der Waals surface area contributed by atoms with Crippen molar-refractivity contribution in [2.75, 3.05) is 18.4 Å². The fraction of sp³-hybridized carbons (Fsp3) is 0.259. The summed E-state index contributed by atoms with van der Waals surface area (Å²) in [6.45, 7) is 2.97. The number of benzene rings is 3. The minimum Gasteiger partial charge on any atom is -0.490 e. The molecule has 0 radical (unpaired) electrons. The van der Waals surface area contributed by atoms with Gasteiger partial charge in [-0.05, 0) is 53.9 Å². The van der Waals surface area contributed by atoms with Crippen LogP contribution >= 0.6 is 12.6 Å². The average molecular weight is 531 g/mol. The predicted molar refractivity (Wildman–Crippen MR) is 137 cm³/mol. The Morgan fingerprint density at radius 3 is 2.30 bits per heavy atom. The topological polar surface area (TPSA) is 67.9 Å². The average Bonchev–Trinajstić information content (AvgIpc) is 2.84. The molecule has 0 spiro atoms. The van der Waals surface area contributed by atoms with E-state index in [0.717, 1.165) is 5.56 Å². The standard InChI is InChI=1S/C27H25F3N2O4S/c1-17-4-2-7-23(24(17)18-8-10-21(11-9-18)36-27(28,29)30)25(33)31-19-5-3-6-22(16-19)35-20-12-14-32(15-13-20)26(34)37/h2-11,16,20H,12-15H2,1H3,(H,31,33)(H,34,37). The molecule has 4 rings (SSSR count). The van der Waals surface area contributed by atoms with Crippen LogP contribution in [0, 0.1) is 6.92 Å². The van der Waals surface area contributed by atoms with Crippen LogP contribution in [-0.4, -0.2) is 41.6 Å². The maximum absolute atomic E-state index is 13.2.